The molecule has 120 valence electrons. The van der Waals surface area contributed by atoms with Gasteiger partial charge in [0.1, 0.15) is 11.6 Å². The van der Waals surface area contributed by atoms with Gasteiger partial charge in [-0.3, -0.25) is 4.57 Å². The first-order valence-corrected chi connectivity index (χ1v) is 8.05. The number of ether oxygens (including phenoxy) is 1. The van der Waals surface area contributed by atoms with Gasteiger partial charge in [-0.15, -0.1) is 0 Å². The van der Waals surface area contributed by atoms with Crippen molar-refractivity contribution in [2.24, 2.45) is 5.92 Å². The number of hydrogen-bond acceptors (Lipinski definition) is 4. The largest absolute Gasteiger partial charge is 0.458 e. The second-order valence-corrected chi connectivity index (χ2v) is 7.61. The Kier molecular flexibility index (Phi) is 4.52. The van der Waals surface area contributed by atoms with Crippen LogP contribution in [0.15, 0.2) is 22.7 Å². The lowest BCUT2D eigenvalue weighted by molar-refractivity contribution is -0.160. The minimum absolute atomic E-state index is 0.0218. The van der Waals surface area contributed by atoms with Crippen LogP contribution in [0.5, 0.6) is 0 Å². The molecule has 0 amide bonds. The predicted octanol–water partition coefficient (Wildman–Crippen LogP) is 3.92. The summed E-state index contributed by atoms with van der Waals surface area (Å²) in [5, 5.41) is 0. The summed E-state index contributed by atoms with van der Waals surface area (Å²) in [4.78, 5) is 17.0. The molecular weight excluding hydrogens is 346 g/mol. The highest BCUT2D eigenvalue weighted by Crippen LogP contribution is 2.31. The summed E-state index contributed by atoms with van der Waals surface area (Å²) >= 11 is 3.45. The van der Waals surface area contributed by atoms with E-state index in [0.29, 0.717) is 5.95 Å². The van der Waals surface area contributed by atoms with Crippen molar-refractivity contribution in [3.8, 4) is 0 Å². The molecule has 0 unspecified atom stereocenters. The van der Waals surface area contributed by atoms with Crippen LogP contribution in [-0.4, -0.2) is 21.1 Å². The second-order valence-electron chi connectivity index (χ2n) is 6.70. The molecule has 0 saturated heterocycles. The number of nitrogens with zero attached hydrogens (tertiary/aromatic N) is 2. The number of hydrogen-bond donors (Lipinski definition) is 1. The molecule has 1 aromatic heterocycles. The van der Waals surface area contributed by atoms with Gasteiger partial charge >= 0.3 is 5.97 Å². The van der Waals surface area contributed by atoms with Gasteiger partial charge in [0.05, 0.1) is 11.0 Å². The predicted molar refractivity (Wildman–Crippen MR) is 91.6 cm³/mol. The first kappa shape index (κ1) is 16.8. The lowest BCUT2D eigenvalue weighted by Crippen LogP contribution is -2.33. The van der Waals surface area contributed by atoms with Crippen molar-refractivity contribution in [2.45, 2.75) is 46.3 Å². The van der Waals surface area contributed by atoms with Crippen LogP contribution in [0.1, 0.15) is 40.7 Å². The van der Waals surface area contributed by atoms with Gasteiger partial charge < -0.3 is 10.5 Å². The number of halogens is 1. The Bertz CT molecular complexity index is 701. The molecule has 5 nitrogen and oxygen atoms in total. The Hall–Kier alpha value is -1.56. The Labute approximate surface area is 139 Å². The number of carbonyl (C=O) groups excluding carboxylic acids is 1. The molecule has 0 fully saturated rings. The van der Waals surface area contributed by atoms with Crippen LogP contribution in [0.25, 0.3) is 11.0 Å². The molecule has 6 heteroatoms. The summed E-state index contributed by atoms with van der Waals surface area (Å²) in [6, 6.07) is 5.17. The first-order valence-electron chi connectivity index (χ1n) is 7.26. The zero-order valence-electron chi connectivity index (χ0n) is 13.6. The normalized spacial score (nSPS) is 13.6. The average Bonchev–Trinajstić information content (AvgIpc) is 2.64. The number of imidazole rings is 1. The van der Waals surface area contributed by atoms with E-state index in [2.05, 4.69) is 20.9 Å². The highest BCUT2D eigenvalue weighted by molar-refractivity contribution is 9.10. The first-order chi connectivity index (χ1) is 10.1. The number of nitrogens with two attached hydrogens (primary N) is 1. The van der Waals surface area contributed by atoms with E-state index in [1.54, 1.807) is 4.57 Å². The summed E-state index contributed by atoms with van der Waals surface area (Å²) < 4.78 is 8.24. The number of aromatic nitrogens is 2. The van der Waals surface area contributed by atoms with Gasteiger partial charge in [0.25, 0.3) is 0 Å². The van der Waals surface area contributed by atoms with Gasteiger partial charge in [-0.05, 0) is 44.9 Å². The van der Waals surface area contributed by atoms with Crippen molar-refractivity contribution < 1.29 is 9.53 Å². The number of benzene rings is 1. The van der Waals surface area contributed by atoms with Crippen LogP contribution in [0.4, 0.5) is 5.95 Å². The van der Waals surface area contributed by atoms with Crippen LogP contribution >= 0.6 is 15.9 Å². The van der Waals surface area contributed by atoms with E-state index in [1.807, 2.05) is 52.8 Å². The summed E-state index contributed by atoms with van der Waals surface area (Å²) in [7, 11) is 0. The van der Waals surface area contributed by atoms with Gasteiger partial charge in [-0.1, -0.05) is 29.8 Å². The molecule has 1 aromatic carbocycles. The van der Waals surface area contributed by atoms with E-state index in [1.165, 1.54) is 0 Å². The number of rotatable bonds is 3. The molecule has 2 aromatic rings. The van der Waals surface area contributed by atoms with E-state index < -0.39 is 11.6 Å². The summed E-state index contributed by atoms with van der Waals surface area (Å²) in [6.45, 7) is 9.51. The molecular formula is C16H22BrN3O2. The number of esters is 1. The lowest BCUT2D eigenvalue weighted by atomic mass is 10.0. The minimum Gasteiger partial charge on any atom is -0.458 e. The van der Waals surface area contributed by atoms with E-state index >= 15 is 0 Å². The number of carbonyl (C=O) groups is 1. The van der Waals surface area contributed by atoms with E-state index in [9.17, 15) is 4.79 Å². The van der Waals surface area contributed by atoms with E-state index in [-0.39, 0.29) is 11.9 Å². The SMILES string of the molecule is CC(C)[C@@H](C(=O)OC(C)(C)C)n1c(N)nc2ccc(Br)cc21. The molecule has 0 aliphatic carbocycles. The molecule has 0 spiro atoms. The van der Waals surface area contributed by atoms with Crippen LogP contribution in [0, 0.1) is 5.92 Å². The molecule has 1 heterocycles. The maximum absolute atomic E-state index is 12.6. The molecule has 1 atom stereocenters. The smallest absolute Gasteiger partial charge is 0.330 e. The monoisotopic (exact) mass is 367 g/mol. The fourth-order valence-corrected chi connectivity index (χ4v) is 2.76. The number of fused-ring (bicyclic) bond motifs is 1. The minimum atomic E-state index is -0.546. The zero-order chi connectivity index (χ0) is 16.7. The molecule has 0 bridgehead atoms. The van der Waals surface area contributed by atoms with Gasteiger partial charge in [0.15, 0.2) is 0 Å². The fraction of sp³-hybridized carbons (Fsp3) is 0.500. The van der Waals surface area contributed by atoms with Crippen LogP contribution in [-0.2, 0) is 9.53 Å². The number of anilines is 1. The topological polar surface area (TPSA) is 70.1 Å². The molecule has 0 saturated carbocycles. The fourth-order valence-electron chi connectivity index (χ4n) is 2.41. The highest BCUT2D eigenvalue weighted by atomic mass is 79.9. The maximum atomic E-state index is 12.6. The third-order valence-corrected chi connectivity index (χ3v) is 3.73. The Morgan fingerprint density at radius 2 is 2.00 bits per heavy atom. The second kappa shape index (κ2) is 5.91. The van der Waals surface area contributed by atoms with Gasteiger partial charge in [-0.25, -0.2) is 9.78 Å². The zero-order valence-corrected chi connectivity index (χ0v) is 15.1. The van der Waals surface area contributed by atoms with Crippen molar-refractivity contribution in [1.29, 1.82) is 0 Å². The van der Waals surface area contributed by atoms with Gasteiger partial charge in [0, 0.05) is 4.47 Å². The third-order valence-electron chi connectivity index (χ3n) is 3.24. The summed E-state index contributed by atoms with van der Waals surface area (Å²) in [5.74, 6) is 0.0414. The third kappa shape index (κ3) is 3.43. The molecule has 0 aliphatic heterocycles. The van der Waals surface area contributed by atoms with Crippen molar-refractivity contribution >= 4 is 38.9 Å². The highest BCUT2D eigenvalue weighted by Gasteiger charge is 2.32. The molecule has 2 rings (SSSR count). The van der Waals surface area contributed by atoms with Gasteiger partial charge in [-0.2, -0.15) is 0 Å². The lowest BCUT2D eigenvalue weighted by Gasteiger charge is -2.27. The Morgan fingerprint density at radius 1 is 1.36 bits per heavy atom. The Morgan fingerprint density at radius 3 is 2.55 bits per heavy atom. The molecule has 22 heavy (non-hydrogen) atoms. The van der Waals surface area contributed by atoms with Crippen LogP contribution in [0.2, 0.25) is 0 Å². The summed E-state index contributed by atoms with van der Waals surface area (Å²) in [6.07, 6.45) is 0. The van der Waals surface area contributed by atoms with Crippen molar-refractivity contribution in [2.75, 3.05) is 5.73 Å². The standard InChI is InChI=1S/C16H22BrN3O2/c1-9(2)13(14(21)22-16(3,4)5)20-12-8-10(17)6-7-11(12)19-15(20)18/h6-9,13H,1-5H3,(H2,18,19)/t13-/m0/s1. The Balaban J connectivity index is 2.56. The van der Waals surface area contributed by atoms with Crippen molar-refractivity contribution in [1.82, 2.24) is 9.55 Å². The van der Waals surface area contributed by atoms with Crippen molar-refractivity contribution in [3.05, 3.63) is 22.7 Å². The maximum Gasteiger partial charge on any atom is 0.330 e. The summed E-state index contributed by atoms with van der Waals surface area (Å²) in [5.41, 5.74) is 7.10. The number of nitrogen functional groups attached to an aromatic ring is 1. The average molecular weight is 368 g/mol. The van der Waals surface area contributed by atoms with Crippen LogP contribution in [0.3, 0.4) is 0 Å². The van der Waals surface area contributed by atoms with Crippen molar-refractivity contribution in [3.63, 3.8) is 0 Å². The van der Waals surface area contributed by atoms with E-state index in [0.717, 1.165) is 15.5 Å². The van der Waals surface area contributed by atoms with E-state index in [4.69, 9.17) is 10.5 Å². The molecule has 2 N–H and O–H groups in total. The molecule has 0 radical (unpaired) electrons. The van der Waals surface area contributed by atoms with Gasteiger partial charge in [0.2, 0.25) is 5.95 Å². The molecule has 0 aliphatic rings. The quantitative estimate of drug-likeness (QED) is 0.834. The van der Waals surface area contributed by atoms with Crippen LogP contribution < -0.4 is 5.73 Å².